The molecule has 200 valence electrons. The number of nitrogens with zero attached hydrogens (tertiary/aromatic N) is 1. The van der Waals surface area contributed by atoms with Crippen molar-refractivity contribution in [3.8, 4) is 11.5 Å². The van der Waals surface area contributed by atoms with E-state index in [0.717, 1.165) is 35.0 Å². The highest BCUT2D eigenvalue weighted by molar-refractivity contribution is 6.06. The summed E-state index contributed by atoms with van der Waals surface area (Å²) in [4.78, 5) is 16.6. The van der Waals surface area contributed by atoms with Crippen LogP contribution in [-0.2, 0) is 4.79 Å². The Morgan fingerprint density at radius 1 is 0.769 bits per heavy atom. The summed E-state index contributed by atoms with van der Waals surface area (Å²) in [5, 5.41) is 4.38. The van der Waals surface area contributed by atoms with Gasteiger partial charge in [0, 0.05) is 34.9 Å². The molecule has 0 unspecified atom stereocenters. The Morgan fingerprint density at radius 2 is 1.33 bits per heavy atom. The summed E-state index contributed by atoms with van der Waals surface area (Å²) in [6, 6.07) is 16.9. The second-order valence-electron chi connectivity index (χ2n) is 7.98. The molecule has 1 N–H and O–H groups in total. The van der Waals surface area contributed by atoms with Crippen LogP contribution in [0.2, 0.25) is 0 Å². The number of pyridine rings is 1. The average molecular weight is 544 g/mol. The van der Waals surface area contributed by atoms with Crippen LogP contribution >= 0.6 is 0 Å². The van der Waals surface area contributed by atoms with Crippen LogP contribution in [0.15, 0.2) is 103 Å². The molecule has 0 spiro atoms. The van der Waals surface area contributed by atoms with E-state index in [1.165, 1.54) is 42.5 Å². The Balaban J connectivity index is 1.60. The maximum absolute atomic E-state index is 12.6. The van der Waals surface area contributed by atoms with Crippen LogP contribution in [-0.4, -0.2) is 23.6 Å². The van der Waals surface area contributed by atoms with Crippen molar-refractivity contribution in [2.45, 2.75) is 12.7 Å². The number of nitrogens with one attached hydrogen (secondary N) is 1. The molecule has 4 rings (SSSR count). The lowest BCUT2D eigenvalue weighted by atomic mass is 9.97. The molecule has 0 radical (unpaired) electrons. The van der Waals surface area contributed by atoms with Crippen molar-refractivity contribution < 1.29 is 40.6 Å². The number of fused-ring (bicyclic) bond motifs is 1. The van der Waals surface area contributed by atoms with E-state index in [1.807, 2.05) is 6.07 Å². The number of anilines is 1. The smallest absolute Gasteiger partial charge is 0.406 e. The van der Waals surface area contributed by atoms with E-state index in [4.69, 9.17) is 0 Å². The van der Waals surface area contributed by atoms with Gasteiger partial charge < -0.3 is 14.8 Å². The van der Waals surface area contributed by atoms with Gasteiger partial charge in [0.05, 0.1) is 0 Å². The zero-order valence-electron chi connectivity index (χ0n) is 19.8. The van der Waals surface area contributed by atoms with Gasteiger partial charge in [-0.15, -0.1) is 26.3 Å². The Morgan fingerprint density at radius 3 is 1.87 bits per heavy atom. The zero-order chi connectivity index (χ0) is 28.0. The Hall–Kier alpha value is -4.80. The number of halogens is 6. The lowest BCUT2D eigenvalue weighted by molar-refractivity contribution is -0.275. The molecule has 1 aromatic heterocycles. The predicted molar refractivity (Wildman–Crippen MR) is 133 cm³/mol. The first-order valence-corrected chi connectivity index (χ1v) is 11.2. The van der Waals surface area contributed by atoms with E-state index in [-0.39, 0.29) is 0 Å². The number of alkyl halides is 6. The van der Waals surface area contributed by atoms with Gasteiger partial charge in [-0.1, -0.05) is 48.6 Å². The van der Waals surface area contributed by atoms with Gasteiger partial charge in [0.2, 0.25) is 5.91 Å². The van der Waals surface area contributed by atoms with Crippen LogP contribution in [0.4, 0.5) is 32.0 Å². The first-order valence-electron chi connectivity index (χ1n) is 11.2. The minimum atomic E-state index is -4.87. The molecule has 11 heteroatoms. The molecule has 3 aromatic carbocycles. The molecule has 0 saturated carbocycles. The second kappa shape index (κ2) is 11.3. The number of ether oxygens (including phenoxy) is 2. The number of hydrogen-bond acceptors (Lipinski definition) is 4. The fraction of sp³-hybridized carbons (Fsp3) is 0.0714. The van der Waals surface area contributed by atoms with E-state index >= 15 is 0 Å². The van der Waals surface area contributed by atoms with Gasteiger partial charge in [-0.3, -0.25) is 9.78 Å². The summed E-state index contributed by atoms with van der Waals surface area (Å²) in [5.41, 5.74) is 1.81. The molecule has 0 bridgehead atoms. The van der Waals surface area contributed by atoms with E-state index in [1.54, 1.807) is 30.6 Å². The van der Waals surface area contributed by atoms with Gasteiger partial charge in [0.15, 0.2) is 0 Å². The molecule has 39 heavy (non-hydrogen) atoms. The van der Waals surface area contributed by atoms with Crippen molar-refractivity contribution in [2.24, 2.45) is 0 Å². The third kappa shape index (κ3) is 7.84. The number of aromatic nitrogens is 1. The van der Waals surface area contributed by atoms with Crippen LogP contribution in [0.1, 0.15) is 11.1 Å². The fourth-order valence-corrected chi connectivity index (χ4v) is 3.67. The first kappa shape index (κ1) is 27.2. The van der Waals surface area contributed by atoms with Gasteiger partial charge in [0.1, 0.15) is 11.5 Å². The summed E-state index contributed by atoms with van der Waals surface area (Å²) in [7, 11) is 0. The lowest BCUT2D eigenvalue weighted by Gasteiger charge is -2.13. The third-order valence-corrected chi connectivity index (χ3v) is 5.25. The number of benzene rings is 3. The number of allylic oxidation sites excluding steroid dienone is 2. The summed E-state index contributed by atoms with van der Waals surface area (Å²) in [6.45, 7) is 0. The van der Waals surface area contributed by atoms with Crippen LogP contribution in [0.5, 0.6) is 11.5 Å². The van der Waals surface area contributed by atoms with Crippen molar-refractivity contribution in [2.75, 3.05) is 5.32 Å². The monoisotopic (exact) mass is 544 g/mol. The second-order valence-corrected chi connectivity index (χ2v) is 7.98. The van der Waals surface area contributed by atoms with Crippen LogP contribution in [0, 0.1) is 0 Å². The van der Waals surface area contributed by atoms with Crippen molar-refractivity contribution in [1.82, 2.24) is 4.98 Å². The van der Waals surface area contributed by atoms with Gasteiger partial charge in [-0.25, -0.2) is 0 Å². The molecule has 5 nitrogen and oxygen atoms in total. The van der Waals surface area contributed by atoms with Crippen molar-refractivity contribution in [3.05, 3.63) is 115 Å². The molecule has 0 aliphatic rings. The van der Waals surface area contributed by atoms with E-state index in [2.05, 4.69) is 19.8 Å². The molecule has 1 amide bonds. The van der Waals surface area contributed by atoms with Crippen molar-refractivity contribution >= 4 is 27.9 Å². The van der Waals surface area contributed by atoms with Crippen LogP contribution in [0.3, 0.4) is 0 Å². The summed E-state index contributed by atoms with van der Waals surface area (Å²) < 4.78 is 83.0. The number of carbonyl (C=O) groups excluding carboxylic acids is 1. The quantitative estimate of drug-likeness (QED) is 0.147. The summed E-state index contributed by atoms with van der Waals surface area (Å²) in [5.74, 6) is -1.35. The lowest BCUT2D eigenvalue weighted by Crippen LogP contribution is -2.17. The van der Waals surface area contributed by atoms with Crippen molar-refractivity contribution in [3.63, 3.8) is 0 Å². The third-order valence-electron chi connectivity index (χ3n) is 5.25. The van der Waals surface area contributed by atoms with E-state index in [9.17, 15) is 31.1 Å². The molecule has 4 aromatic rings. The minimum absolute atomic E-state index is 0.410. The van der Waals surface area contributed by atoms with E-state index < -0.39 is 30.1 Å². The number of carbonyl (C=O) groups is 1. The molecule has 0 fully saturated rings. The molecule has 0 aliphatic heterocycles. The Labute approximate surface area is 218 Å². The predicted octanol–water partition coefficient (Wildman–Crippen LogP) is 7.66. The molecule has 0 atom stereocenters. The maximum atomic E-state index is 12.6. The first-order chi connectivity index (χ1) is 18.5. The minimum Gasteiger partial charge on any atom is -0.406 e. The highest BCUT2D eigenvalue weighted by atomic mass is 19.4. The number of amides is 1. The van der Waals surface area contributed by atoms with Gasteiger partial charge in [-0.2, -0.15) is 0 Å². The maximum Gasteiger partial charge on any atom is 0.573 e. The summed E-state index contributed by atoms with van der Waals surface area (Å²) >= 11 is 0. The number of hydrogen-bond donors (Lipinski definition) is 1. The van der Waals surface area contributed by atoms with Gasteiger partial charge in [0.25, 0.3) is 0 Å². The normalized spacial score (nSPS) is 11.8. The molecular formula is C28H18F6N2O3. The standard InChI is InChI=1S/C28H18F6N2O3/c29-27(30,31)38-21-11-7-18(8-12-21)23(19-9-13-22(14-10-19)39-28(32,33)34)4-2-6-26(37)36-25-5-1-3-20-17-35-16-15-24(20)25/h1-17H,(H,36,37). The molecule has 0 saturated heterocycles. The zero-order valence-corrected chi connectivity index (χ0v) is 19.8. The number of rotatable bonds is 7. The molecular weight excluding hydrogens is 526 g/mol. The average Bonchev–Trinajstić information content (AvgIpc) is 2.86. The largest absolute Gasteiger partial charge is 0.573 e. The SMILES string of the molecule is O=C(C=CC=C(c1ccc(OC(F)(F)F)cc1)c1ccc(OC(F)(F)F)cc1)Nc1cccc2cnccc12. The van der Waals surface area contributed by atoms with E-state index in [0.29, 0.717) is 22.4 Å². The van der Waals surface area contributed by atoms with Gasteiger partial charge in [-0.05, 0) is 53.1 Å². The highest BCUT2D eigenvalue weighted by Gasteiger charge is 2.31. The fourth-order valence-electron chi connectivity index (χ4n) is 3.67. The highest BCUT2D eigenvalue weighted by Crippen LogP contribution is 2.30. The molecule has 0 aliphatic carbocycles. The van der Waals surface area contributed by atoms with Gasteiger partial charge >= 0.3 is 12.7 Å². The van der Waals surface area contributed by atoms with Crippen LogP contribution < -0.4 is 14.8 Å². The summed E-state index contributed by atoms with van der Waals surface area (Å²) in [6.07, 6.45) is -2.33. The Bertz CT molecular complexity index is 1440. The van der Waals surface area contributed by atoms with Crippen molar-refractivity contribution in [1.29, 1.82) is 0 Å². The molecule has 1 heterocycles. The Kier molecular flexibility index (Phi) is 7.89. The van der Waals surface area contributed by atoms with Crippen LogP contribution in [0.25, 0.3) is 16.3 Å². The topological polar surface area (TPSA) is 60.5 Å².